The van der Waals surface area contributed by atoms with Crippen LogP contribution in [0.25, 0.3) is 0 Å². The highest BCUT2D eigenvalue weighted by Gasteiger charge is 2.35. The minimum Gasteiger partial charge on any atom is -0.365 e. The van der Waals surface area contributed by atoms with E-state index in [1.807, 2.05) is 13.0 Å². The highest BCUT2D eigenvalue weighted by atomic mass is 19.1. The maximum Gasteiger partial charge on any atom is 0.123 e. The standard InChI is InChI=1S/C9H9FO/c1-6-9(11-6)7-3-2-4-8(10)5-7/h2-6,9H,1H3/t6-,9+/m1/s1. The Labute approximate surface area is 64.8 Å². The summed E-state index contributed by atoms with van der Waals surface area (Å²) in [7, 11) is 0. The lowest BCUT2D eigenvalue weighted by Crippen LogP contribution is -1.84. The van der Waals surface area contributed by atoms with Crippen molar-refractivity contribution in [3.63, 3.8) is 0 Å². The van der Waals surface area contributed by atoms with Crippen LogP contribution in [0.15, 0.2) is 24.3 Å². The fourth-order valence-electron chi connectivity index (χ4n) is 1.22. The number of ether oxygens (including phenoxy) is 1. The average Bonchev–Trinajstić information content (AvgIpc) is 2.67. The second-order valence-electron chi connectivity index (χ2n) is 2.82. The van der Waals surface area contributed by atoms with Gasteiger partial charge < -0.3 is 4.74 Å². The highest BCUT2D eigenvalue weighted by molar-refractivity contribution is 5.22. The maximum atomic E-state index is 12.6. The molecule has 1 nitrogen and oxygen atoms in total. The molecule has 0 aromatic heterocycles. The Morgan fingerprint density at radius 1 is 1.45 bits per heavy atom. The van der Waals surface area contributed by atoms with E-state index in [9.17, 15) is 4.39 Å². The molecule has 0 aliphatic carbocycles. The van der Waals surface area contributed by atoms with Crippen molar-refractivity contribution in [1.29, 1.82) is 0 Å². The molecule has 0 spiro atoms. The molecule has 0 N–H and O–H groups in total. The Bertz CT molecular complexity index is 272. The number of hydrogen-bond donors (Lipinski definition) is 0. The molecule has 1 aromatic rings. The van der Waals surface area contributed by atoms with Crippen molar-refractivity contribution in [2.45, 2.75) is 19.1 Å². The lowest BCUT2D eigenvalue weighted by atomic mass is 10.1. The van der Waals surface area contributed by atoms with Crippen molar-refractivity contribution in [1.82, 2.24) is 0 Å². The van der Waals surface area contributed by atoms with E-state index in [0.717, 1.165) is 5.56 Å². The minimum atomic E-state index is -0.190. The Hall–Kier alpha value is -0.890. The van der Waals surface area contributed by atoms with Crippen molar-refractivity contribution in [2.75, 3.05) is 0 Å². The molecule has 0 unspecified atom stereocenters. The molecule has 1 fully saturated rings. The molecule has 58 valence electrons. The van der Waals surface area contributed by atoms with Crippen LogP contribution in [0.5, 0.6) is 0 Å². The van der Waals surface area contributed by atoms with Gasteiger partial charge in [-0.2, -0.15) is 0 Å². The van der Waals surface area contributed by atoms with Gasteiger partial charge >= 0.3 is 0 Å². The number of halogens is 1. The molecule has 2 heteroatoms. The van der Waals surface area contributed by atoms with Crippen LogP contribution >= 0.6 is 0 Å². The molecular formula is C9H9FO. The van der Waals surface area contributed by atoms with Gasteiger partial charge in [-0.3, -0.25) is 0 Å². The van der Waals surface area contributed by atoms with E-state index in [-0.39, 0.29) is 18.0 Å². The summed E-state index contributed by atoms with van der Waals surface area (Å²) in [6, 6.07) is 6.56. The monoisotopic (exact) mass is 152 g/mol. The molecule has 1 aliphatic heterocycles. The SMILES string of the molecule is C[C@H]1O[C@@H]1c1cccc(F)c1. The summed E-state index contributed by atoms with van der Waals surface area (Å²) in [5, 5.41) is 0. The van der Waals surface area contributed by atoms with Gasteiger partial charge in [-0.1, -0.05) is 12.1 Å². The molecule has 2 rings (SSSR count). The van der Waals surface area contributed by atoms with E-state index in [0.29, 0.717) is 0 Å². The van der Waals surface area contributed by atoms with Crippen molar-refractivity contribution < 1.29 is 9.13 Å². The predicted octanol–water partition coefficient (Wildman–Crippen LogP) is 2.29. The summed E-state index contributed by atoms with van der Waals surface area (Å²) >= 11 is 0. The molecule has 0 bridgehead atoms. The minimum absolute atomic E-state index is 0.130. The second kappa shape index (κ2) is 2.31. The number of rotatable bonds is 1. The maximum absolute atomic E-state index is 12.6. The summed E-state index contributed by atoms with van der Waals surface area (Å²) in [6.45, 7) is 1.98. The Morgan fingerprint density at radius 2 is 2.18 bits per heavy atom. The molecule has 0 radical (unpaired) electrons. The van der Waals surface area contributed by atoms with Gasteiger partial charge in [0.2, 0.25) is 0 Å². The molecule has 11 heavy (non-hydrogen) atoms. The van der Waals surface area contributed by atoms with E-state index in [1.165, 1.54) is 12.1 Å². The smallest absolute Gasteiger partial charge is 0.123 e. The lowest BCUT2D eigenvalue weighted by Gasteiger charge is -1.93. The Morgan fingerprint density at radius 3 is 2.73 bits per heavy atom. The summed E-state index contributed by atoms with van der Waals surface area (Å²) < 4.78 is 17.8. The average molecular weight is 152 g/mol. The van der Waals surface area contributed by atoms with E-state index >= 15 is 0 Å². The zero-order valence-electron chi connectivity index (χ0n) is 6.25. The Kier molecular flexibility index (Phi) is 1.43. The lowest BCUT2D eigenvalue weighted by molar-refractivity contribution is 0.382. The van der Waals surface area contributed by atoms with E-state index in [1.54, 1.807) is 6.07 Å². The second-order valence-corrected chi connectivity index (χ2v) is 2.82. The topological polar surface area (TPSA) is 12.5 Å². The predicted molar refractivity (Wildman–Crippen MR) is 39.7 cm³/mol. The largest absolute Gasteiger partial charge is 0.365 e. The van der Waals surface area contributed by atoms with Gasteiger partial charge in [0.15, 0.2) is 0 Å². The van der Waals surface area contributed by atoms with E-state index < -0.39 is 0 Å². The third kappa shape index (κ3) is 1.26. The van der Waals surface area contributed by atoms with Crippen LogP contribution in [0.3, 0.4) is 0 Å². The van der Waals surface area contributed by atoms with Gasteiger partial charge in [-0.25, -0.2) is 4.39 Å². The van der Waals surface area contributed by atoms with E-state index in [2.05, 4.69) is 0 Å². The van der Waals surface area contributed by atoms with Gasteiger partial charge in [0, 0.05) is 0 Å². The molecular weight excluding hydrogens is 143 g/mol. The third-order valence-corrected chi connectivity index (χ3v) is 1.89. The van der Waals surface area contributed by atoms with Crippen LogP contribution in [-0.4, -0.2) is 6.10 Å². The van der Waals surface area contributed by atoms with Crippen LogP contribution in [0.1, 0.15) is 18.6 Å². The van der Waals surface area contributed by atoms with Crippen LogP contribution in [-0.2, 0) is 4.74 Å². The summed E-state index contributed by atoms with van der Waals surface area (Å²) in [4.78, 5) is 0. The van der Waals surface area contributed by atoms with Crippen molar-refractivity contribution in [3.05, 3.63) is 35.6 Å². The first-order valence-corrected chi connectivity index (χ1v) is 3.68. The number of benzene rings is 1. The summed E-state index contributed by atoms with van der Waals surface area (Å²) in [5.41, 5.74) is 0.942. The van der Waals surface area contributed by atoms with Gasteiger partial charge in [-0.05, 0) is 24.6 Å². The third-order valence-electron chi connectivity index (χ3n) is 1.89. The number of hydrogen-bond acceptors (Lipinski definition) is 1. The zero-order valence-corrected chi connectivity index (χ0v) is 6.25. The van der Waals surface area contributed by atoms with Crippen molar-refractivity contribution >= 4 is 0 Å². The quantitative estimate of drug-likeness (QED) is 0.562. The molecule has 1 heterocycles. The van der Waals surface area contributed by atoms with Gasteiger partial charge in [-0.15, -0.1) is 0 Å². The molecule has 0 amide bonds. The fraction of sp³-hybridized carbons (Fsp3) is 0.333. The molecule has 1 saturated heterocycles. The first-order chi connectivity index (χ1) is 5.27. The van der Waals surface area contributed by atoms with Crippen LogP contribution in [0.2, 0.25) is 0 Å². The van der Waals surface area contributed by atoms with Crippen LogP contribution < -0.4 is 0 Å². The normalized spacial score (nSPS) is 28.5. The van der Waals surface area contributed by atoms with Crippen LogP contribution in [0.4, 0.5) is 4.39 Å². The van der Waals surface area contributed by atoms with Crippen LogP contribution in [0, 0.1) is 5.82 Å². The Balaban J connectivity index is 2.25. The van der Waals surface area contributed by atoms with Crippen molar-refractivity contribution in [2.24, 2.45) is 0 Å². The van der Waals surface area contributed by atoms with E-state index in [4.69, 9.17) is 4.74 Å². The van der Waals surface area contributed by atoms with Gasteiger partial charge in [0.05, 0.1) is 6.10 Å². The first kappa shape index (κ1) is 6.80. The molecule has 1 aliphatic rings. The summed E-state index contributed by atoms with van der Waals surface area (Å²) in [6.07, 6.45) is 0.391. The molecule has 0 saturated carbocycles. The molecule has 2 atom stereocenters. The van der Waals surface area contributed by atoms with Gasteiger partial charge in [0.25, 0.3) is 0 Å². The first-order valence-electron chi connectivity index (χ1n) is 3.68. The summed E-state index contributed by atoms with van der Waals surface area (Å²) in [5.74, 6) is -0.190. The highest BCUT2D eigenvalue weighted by Crippen LogP contribution is 2.37. The molecule has 1 aromatic carbocycles. The number of epoxide rings is 1. The fourth-order valence-corrected chi connectivity index (χ4v) is 1.22. The zero-order chi connectivity index (χ0) is 7.84. The van der Waals surface area contributed by atoms with Gasteiger partial charge in [0.1, 0.15) is 11.9 Å². The van der Waals surface area contributed by atoms with Crippen molar-refractivity contribution in [3.8, 4) is 0 Å².